The van der Waals surface area contributed by atoms with Gasteiger partial charge in [-0.1, -0.05) is 12.5 Å². The summed E-state index contributed by atoms with van der Waals surface area (Å²) in [5, 5.41) is 0. The van der Waals surface area contributed by atoms with Gasteiger partial charge in [-0.15, -0.1) is 0 Å². The minimum atomic E-state index is -3.62. The molecule has 1 aromatic rings. The van der Waals surface area contributed by atoms with Gasteiger partial charge in [-0.2, -0.15) is 4.31 Å². The lowest BCUT2D eigenvalue weighted by atomic mass is 9.94. The minimum Gasteiger partial charge on any atom is -0.495 e. The molecular weight excluding hydrogens is 302 g/mol. The summed E-state index contributed by atoms with van der Waals surface area (Å²) in [7, 11) is -0.641. The highest BCUT2D eigenvalue weighted by Gasteiger charge is 2.43. The summed E-state index contributed by atoms with van der Waals surface area (Å²) in [5.41, 5.74) is 0. The van der Waals surface area contributed by atoms with Crippen LogP contribution in [0.2, 0.25) is 0 Å². The molecule has 1 saturated carbocycles. The molecule has 0 aromatic heterocycles. The smallest absolute Gasteiger partial charge is 0.250 e. The summed E-state index contributed by atoms with van der Waals surface area (Å²) in [6.07, 6.45) is 5.28. The monoisotopic (exact) mass is 325 g/mol. The van der Waals surface area contributed by atoms with E-state index in [0.29, 0.717) is 24.0 Å². The Kier molecular flexibility index (Phi) is 4.32. The molecule has 3 rings (SSSR count). The molecule has 0 amide bonds. The molecule has 0 bridgehead atoms. The highest BCUT2D eigenvalue weighted by atomic mass is 32.2. The van der Waals surface area contributed by atoms with E-state index in [1.54, 1.807) is 22.5 Å². The summed E-state index contributed by atoms with van der Waals surface area (Å²) < 4.78 is 38.8. The molecule has 22 heavy (non-hydrogen) atoms. The molecule has 1 saturated heterocycles. The number of fused-ring (bicyclic) bond motifs is 1. The minimum absolute atomic E-state index is 0.133. The summed E-state index contributed by atoms with van der Waals surface area (Å²) in [5.74, 6) is 1.20. The second-order valence-electron chi connectivity index (χ2n) is 6.01. The van der Waals surface area contributed by atoms with Crippen molar-refractivity contribution in [2.75, 3.05) is 20.8 Å². The van der Waals surface area contributed by atoms with Crippen LogP contribution in [0.25, 0.3) is 0 Å². The lowest BCUT2D eigenvalue weighted by molar-refractivity contribution is 0.201. The van der Waals surface area contributed by atoms with Crippen molar-refractivity contribution in [2.45, 2.75) is 43.0 Å². The molecule has 0 spiro atoms. The van der Waals surface area contributed by atoms with Crippen LogP contribution in [-0.2, 0) is 10.0 Å². The van der Waals surface area contributed by atoms with Crippen LogP contribution in [0.5, 0.6) is 11.5 Å². The van der Waals surface area contributed by atoms with Crippen LogP contribution in [0.3, 0.4) is 0 Å². The van der Waals surface area contributed by atoms with E-state index in [1.807, 2.05) is 0 Å². The normalized spacial score (nSPS) is 25.7. The van der Waals surface area contributed by atoms with Gasteiger partial charge in [0, 0.05) is 12.6 Å². The second-order valence-corrected chi connectivity index (χ2v) is 7.84. The molecule has 1 aliphatic carbocycles. The average Bonchev–Trinajstić information content (AvgIpc) is 3.02. The third kappa shape index (κ3) is 2.48. The van der Waals surface area contributed by atoms with Crippen molar-refractivity contribution >= 4 is 10.0 Å². The van der Waals surface area contributed by atoms with Crippen molar-refractivity contribution in [3.8, 4) is 11.5 Å². The predicted octanol–water partition coefficient (Wildman–Crippen LogP) is 2.66. The van der Waals surface area contributed by atoms with Gasteiger partial charge in [0.1, 0.15) is 11.5 Å². The van der Waals surface area contributed by atoms with Crippen molar-refractivity contribution in [1.82, 2.24) is 4.31 Å². The zero-order valence-electron chi connectivity index (χ0n) is 13.1. The van der Waals surface area contributed by atoms with Gasteiger partial charge < -0.3 is 9.47 Å². The van der Waals surface area contributed by atoms with Crippen LogP contribution in [0.1, 0.15) is 32.1 Å². The fraction of sp³-hybridized carbons (Fsp3) is 0.625. The van der Waals surface area contributed by atoms with Gasteiger partial charge in [-0.05, 0) is 43.7 Å². The Morgan fingerprint density at radius 3 is 2.32 bits per heavy atom. The highest BCUT2D eigenvalue weighted by molar-refractivity contribution is 7.89. The molecule has 2 atom stereocenters. The van der Waals surface area contributed by atoms with Gasteiger partial charge in [0.15, 0.2) is 4.90 Å². The summed E-state index contributed by atoms with van der Waals surface area (Å²) >= 11 is 0. The first-order valence-electron chi connectivity index (χ1n) is 7.82. The third-order valence-electron chi connectivity index (χ3n) is 4.89. The van der Waals surface area contributed by atoms with E-state index in [9.17, 15) is 8.42 Å². The number of nitrogens with zero attached hydrogens (tertiary/aromatic N) is 1. The Hall–Kier alpha value is -1.27. The van der Waals surface area contributed by atoms with Gasteiger partial charge in [-0.25, -0.2) is 8.42 Å². The molecule has 2 fully saturated rings. The molecule has 6 heteroatoms. The summed E-state index contributed by atoms with van der Waals surface area (Å²) in [6.45, 7) is 0.588. The van der Waals surface area contributed by atoms with E-state index < -0.39 is 10.0 Å². The lowest BCUT2D eigenvalue weighted by Crippen LogP contribution is -2.46. The van der Waals surface area contributed by atoms with Crippen LogP contribution >= 0.6 is 0 Å². The van der Waals surface area contributed by atoms with E-state index in [-0.39, 0.29) is 10.9 Å². The lowest BCUT2D eigenvalue weighted by Gasteiger charge is -2.37. The predicted molar refractivity (Wildman–Crippen MR) is 83.8 cm³/mol. The third-order valence-corrected chi connectivity index (χ3v) is 6.88. The van der Waals surface area contributed by atoms with E-state index in [0.717, 1.165) is 32.1 Å². The van der Waals surface area contributed by atoms with Crippen molar-refractivity contribution in [3.63, 3.8) is 0 Å². The fourth-order valence-corrected chi connectivity index (χ4v) is 5.94. The first-order chi connectivity index (χ1) is 10.6. The Morgan fingerprint density at radius 1 is 1.05 bits per heavy atom. The molecule has 1 aliphatic heterocycles. The number of piperidine rings is 1. The topological polar surface area (TPSA) is 55.8 Å². The maximum absolute atomic E-state index is 13.3. The van der Waals surface area contributed by atoms with Crippen LogP contribution in [-0.4, -0.2) is 39.5 Å². The van der Waals surface area contributed by atoms with Gasteiger partial charge in [0.05, 0.1) is 14.2 Å². The summed E-state index contributed by atoms with van der Waals surface area (Å²) in [6, 6.07) is 5.22. The molecule has 2 aliphatic rings. The Bertz CT molecular complexity index is 621. The van der Waals surface area contributed by atoms with Crippen molar-refractivity contribution in [2.24, 2.45) is 5.92 Å². The zero-order valence-corrected chi connectivity index (χ0v) is 13.9. The Morgan fingerprint density at radius 2 is 1.68 bits per heavy atom. The largest absolute Gasteiger partial charge is 0.495 e. The number of ether oxygens (including phenoxy) is 2. The van der Waals surface area contributed by atoms with Crippen LogP contribution in [0.15, 0.2) is 23.1 Å². The molecule has 1 heterocycles. The zero-order chi connectivity index (χ0) is 15.7. The first kappa shape index (κ1) is 15.6. The molecule has 1 aromatic carbocycles. The fourth-order valence-electron chi connectivity index (χ4n) is 3.90. The number of rotatable bonds is 4. The van der Waals surface area contributed by atoms with E-state index in [2.05, 4.69) is 0 Å². The second kappa shape index (κ2) is 6.08. The average molecular weight is 325 g/mol. The van der Waals surface area contributed by atoms with Crippen molar-refractivity contribution in [3.05, 3.63) is 18.2 Å². The number of hydrogen-bond acceptors (Lipinski definition) is 4. The van der Waals surface area contributed by atoms with Crippen LogP contribution in [0, 0.1) is 5.92 Å². The number of hydrogen-bond donors (Lipinski definition) is 0. The molecule has 5 nitrogen and oxygen atoms in total. The maximum atomic E-state index is 13.3. The standard InChI is InChI=1S/C16H23NO4S/c1-20-14-9-4-10-15(21-2)16(14)22(18,19)17-11-5-7-12-6-3-8-13(12)17/h4,9-10,12-13H,3,5-8,11H2,1-2H3. The molecule has 122 valence electrons. The van der Waals surface area contributed by atoms with Gasteiger partial charge in [0.2, 0.25) is 0 Å². The summed E-state index contributed by atoms with van der Waals surface area (Å²) in [4.78, 5) is 0.160. The first-order valence-corrected chi connectivity index (χ1v) is 9.26. The van der Waals surface area contributed by atoms with Crippen molar-refractivity contribution < 1.29 is 17.9 Å². The maximum Gasteiger partial charge on any atom is 0.250 e. The molecule has 0 radical (unpaired) electrons. The van der Waals surface area contributed by atoms with E-state index in [4.69, 9.17) is 9.47 Å². The number of sulfonamides is 1. The highest BCUT2D eigenvalue weighted by Crippen LogP contribution is 2.42. The molecule has 0 N–H and O–H groups in total. The van der Waals surface area contributed by atoms with Gasteiger partial charge in [-0.3, -0.25) is 0 Å². The van der Waals surface area contributed by atoms with Gasteiger partial charge >= 0.3 is 0 Å². The van der Waals surface area contributed by atoms with E-state index >= 15 is 0 Å². The number of methoxy groups -OCH3 is 2. The molecular formula is C16H23NO4S. The van der Waals surface area contributed by atoms with Crippen molar-refractivity contribution in [1.29, 1.82) is 0 Å². The SMILES string of the molecule is COc1cccc(OC)c1S(=O)(=O)N1CCCC2CCCC21. The Balaban J connectivity index is 2.06. The van der Waals surface area contributed by atoms with E-state index in [1.165, 1.54) is 14.2 Å². The quantitative estimate of drug-likeness (QED) is 0.854. The van der Waals surface area contributed by atoms with Crippen LogP contribution < -0.4 is 9.47 Å². The van der Waals surface area contributed by atoms with Gasteiger partial charge in [0.25, 0.3) is 10.0 Å². The Labute approximate surface area is 132 Å². The molecule has 2 unspecified atom stereocenters. The number of benzene rings is 1. The van der Waals surface area contributed by atoms with Crippen LogP contribution in [0.4, 0.5) is 0 Å².